The highest BCUT2D eigenvalue weighted by Crippen LogP contribution is 2.33. The first kappa shape index (κ1) is 13.6. The fourth-order valence-corrected chi connectivity index (χ4v) is 3.04. The summed E-state index contributed by atoms with van der Waals surface area (Å²) in [7, 11) is 3.98. The zero-order valence-electron chi connectivity index (χ0n) is 10.6. The van der Waals surface area contributed by atoms with Crippen molar-refractivity contribution in [2.45, 2.75) is 23.0 Å². The van der Waals surface area contributed by atoms with Gasteiger partial charge in [-0.3, -0.25) is 0 Å². The summed E-state index contributed by atoms with van der Waals surface area (Å²) < 4.78 is 3.13. The molecule has 0 aliphatic heterocycles. The third-order valence-corrected chi connectivity index (χ3v) is 4.51. The molecule has 0 aliphatic rings. The maximum Gasteiger partial charge on any atom is 0.172 e. The fourth-order valence-electron chi connectivity index (χ4n) is 1.65. The summed E-state index contributed by atoms with van der Waals surface area (Å²) >= 11 is 5.22. The maximum atomic E-state index is 4.35. The molecule has 1 aromatic carbocycles. The summed E-state index contributed by atoms with van der Waals surface area (Å²) in [5.41, 5.74) is 1.28. The highest BCUT2D eigenvalue weighted by Gasteiger charge is 2.12. The normalized spacial score (nSPS) is 12.7. The molecule has 1 atom stereocenters. The Morgan fingerprint density at radius 2 is 2.22 bits per heavy atom. The number of aromatic nitrogens is 2. The van der Waals surface area contributed by atoms with Crippen LogP contribution in [0.15, 0.2) is 45.1 Å². The van der Waals surface area contributed by atoms with Gasteiger partial charge < -0.3 is 9.88 Å². The van der Waals surface area contributed by atoms with Crippen molar-refractivity contribution in [2.75, 3.05) is 7.05 Å². The predicted octanol–water partition coefficient (Wildman–Crippen LogP) is 3.61. The molecule has 5 heteroatoms. The third kappa shape index (κ3) is 2.96. The number of benzene rings is 1. The molecule has 1 heterocycles. The Labute approximate surface area is 120 Å². The van der Waals surface area contributed by atoms with Crippen molar-refractivity contribution in [3.8, 4) is 0 Å². The van der Waals surface area contributed by atoms with E-state index in [0.717, 1.165) is 9.63 Å². The molecule has 1 unspecified atom stereocenters. The lowest BCUT2D eigenvalue weighted by Gasteiger charge is -2.15. The first-order valence-corrected chi connectivity index (χ1v) is 7.34. The molecular weight excluding hydrogens is 310 g/mol. The minimum atomic E-state index is 0.310. The molecule has 18 heavy (non-hydrogen) atoms. The second-order valence-electron chi connectivity index (χ2n) is 4.12. The Balaban J connectivity index is 2.35. The van der Waals surface area contributed by atoms with Gasteiger partial charge in [-0.05, 0) is 37.7 Å². The lowest BCUT2D eigenvalue weighted by Crippen LogP contribution is -2.13. The smallest absolute Gasteiger partial charge is 0.172 e. The molecule has 1 N–H and O–H groups in total. The van der Waals surface area contributed by atoms with Gasteiger partial charge >= 0.3 is 0 Å². The number of halogens is 1. The molecule has 0 radical (unpaired) electrons. The Morgan fingerprint density at radius 1 is 1.44 bits per heavy atom. The third-order valence-electron chi connectivity index (χ3n) is 2.85. The van der Waals surface area contributed by atoms with Crippen LogP contribution in [0.3, 0.4) is 0 Å². The van der Waals surface area contributed by atoms with Crippen molar-refractivity contribution >= 4 is 27.7 Å². The van der Waals surface area contributed by atoms with Gasteiger partial charge in [-0.2, -0.15) is 0 Å². The number of hydrogen-bond donors (Lipinski definition) is 1. The zero-order valence-corrected chi connectivity index (χ0v) is 13.0. The molecule has 0 bridgehead atoms. The number of hydrogen-bond acceptors (Lipinski definition) is 3. The second-order valence-corrected chi connectivity index (χ2v) is 6.04. The van der Waals surface area contributed by atoms with Gasteiger partial charge in [0.2, 0.25) is 0 Å². The molecule has 0 saturated carbocycles. The zero-order chi connectivity index (χ0) is 13.1. The van der Waals surface area contributed by atoms with E-state index >= 15 is 0 Å². The van der Waals surface area contributed by atoms with Gasteiger partial charge in [-0.1, -0.05) is 27.7 Å². The predicted molar refractivity (Wildman–Crippen MR) is 78.9 cm³/mol. The summed E-state index contributed by atoms with van der Waals surface area (Å²) in [5.74, 6) is 0. The number of rotatable bonds is 4. The second kappa shape index (κ2) is 5.91. The van der Waals surface area contributed by atoms with E-state index in [1.165, 1.54) is 10.5 Å². The summed E-state index contributed by atoms with van der Waals surface area (Å²) in [6, 6.07) is 6.67. The van der Waals surface area contributed by atoms with E-state index in [9.17, 15) is 0 Å². The average Bonchev–Trinajstić information content (AvgIpc) is 2.76. The maximum absolute atomic E-state index is 4.35. The standard InChI is InChI=1S/C13H16BrN3S/c1-9(15-2)11-8-10(14)4-5-12(11)18-13-16-6-7-17(13)3/h4-9,15H,1-3H3. The average molecular weight is 326 g/mol. The van der Waals surface area contributed by atoms with Crippen LogP contribution in [0.1, 0.15) is 18.5 Å². The molecule has 1 aromatic heterocycles. The van der Waals surface area contributed by atoms with Crippen molar-refractivity contribution in [3.05, 3.63) is 40.6 Å². The molecular formula is C13H16BrN3S. The Morgan fingerprint density at radius 3 is 2.83 bits per heavy atom. The van der Waals surface area contributed by atoms with E-state index in [-0.39, 0.29) is 0 Å². The van der Waals surface area contributed by atoms with Crippen LogP contribution in [0.4, 0.5) is 0 Å². The largest absolute Gasteiger partial charge is 0.329 e. The molecule has 3 nitrogen and oxygen atoms in total. The molecule has 0 amide bonds. The van der Waals surface area contributed by atoms with E-state index in [1.54, 1.807) is 11.8 Å². The van der Waals surface area contributed by atoms with Gasteiger partial charge in [0, 0.05) is 34.9 Å². The summed E-state index contributed by atoms with van der Waals surface area (Å²) in [5, 5.41) is 4.28. The van der Waals surface area contributed by atoms with Gasteiger partial charge in [0.15, 0.2) is 5.16 Å². The molecule has 2 aromatic rings. The Hall–Kier alpha value is -0.780. The monoisotopic (exact) mass is 325 g/mol. The van der Waals surface area contributed by atoms with Crippen LogP contribution in [0.2, 0.25) is 0 Å². The first-order chi connectivity index (χ1) is 8.61. The number of aryl methyl sites for hydroxylation is 1. The van der Waals surface area contributed by atoms with Gasteiger partial charge in [0.25, 0.3) is 0 Å². The van der Waals surface area contributed by atoms with E-state index in [2.05, 4.69) is 51.4 Å². The SMILES string of the molecule is CNC(C)c1cc(Br)ccc1Sc1nccn1C. The molecule has 0 fully saturated rings. The minimum absolute atomic E-state index is 0.310. The Kier molecular flexibility index (Phi) is 4.48. The van der Waals surface area contributed by atoms with Crippen molar-refractivity contribution in [1.29, 1.82) is 0 Å². The fraction of sp³-hybridized carbons (Fsp3) is 0.308. The Bertz CT molecular complexity index is 539. The molecule has 0 spiro atoms. The minimum Gasteiger partial charge on any atom is -0.329 e. The molecule has 0 saturated heterocycles. The van der Waals surface area contributed by atoms with E-state index < -0.39 is 0 Å². The van der Waals surface area contributed by atoms with Gasteiger partial charge in [0.1, 0.15) is 0 Å². The van der Waals surface area contributed by atoms with E-state index in [0.29, 0.717) is 6.04 Å². The van der Waals surface area contributed by atoms with Gasteiger partial charge in [0.05, 0.1) is 0 Å². The van der Waals surface area contributed by atoms with Crippen LogP contribution in [-0.2, 0) is 7.05 Å². The van der Waals surface area contributed by atoms with Crippen LogP contribution >= 0.6 is 27.7 Å². The molecule has 2 rings (SSSR count). The highest BCUT2D eigenvalue weighted by molar-refractivity contribution is 9.10. The quantitative estimate of drug-likeness (QED) is 0.931. The van der Waals surface area contributed by atoms with Gasteiger partial charge in [-0.15, -0.1) is 0 Å². The van der Waals surface area contributed by atoms with Crippen LogP contribution in [0, 0.1) is 0 Å². The van der Waals surface area contributed by atoms with Crippen LogP contribution in [-0.4, -0.2) is 16.6 Å². The van der Waals surface area contributed by atoms with Crippen LogP contribution in [0.25, 0.3) is 0 Å². The topological polar surface area (TPSA) is 29.9 Å². The number of nitrogens with zero attached hydrogens (tertiary/aromatic N) is 2. The lowest BCUT2D eigenvalue weighted by molar-refractivity contribution is 0.640. The number of nitrogens with one attached hydrogen (secondary N) is 1. The van der Waals surface area contributed by atoms with E-state index in [1.807, 2.05) is 31.1 Å². The summed E-state index contributed by atoms with van der Waals surface area (Å²) in [6.07, 6.45) is 3.78. The summed E-state index contributed by atoms with van der Waals surface area (Å²) in [6.45, 7) is 2.16. The number of imidazole rings is 1. The van der Waals surface area contributed by atoms with E-state index in [4.69, 9.17) is 0 Å². The van der Waals surface area contributed by atoms with Crippen molar-refractivity contribution in [3.63, 3.8) is 0 Å². The van der Waals surface area contributed by atoms with Crippen molar-refractivity contribution < 1.29 is 0 Å². The summed E-state index contributed by atoms with van der Waals surface area (Å²) in [4.78, 5) is 5.58. The van der Waals surface area contributed by atoms with Crippen molar-refractivity contribution in [1.82, 2.24) is 14.9 Å². The highest BCUT2D eigenvalue weighted by atomic mass is 79.9. The lowest BCUT2D eigenvalue weighted by atomic mass is 10.1. The van der Waals surface area contributed by atoms with Crippen molar-refractivity contribution in [2.24, 2.45) is 7.05 Å². The molecule has 96 valence electrons. The molecule has 0 aliphatic carbocycles. The van der Waals surface area contributed by atoms with Gasteiger partial charge in [-0.25, -0.2) is 4.98 Å². The van der Waals surface area contributed by atoms with Crippen LogP contribution in [0.5, 0.6) is 0 Å². The van der Waals surface area contributed by atoms with Crippen LogP contribution < -0.4 is 5.32 Å². The first-order valence-electron chi connectivity index (χ1n) is 5.73.